The normalized spacial score (nSPS) is 11.1. The molecule has 0 saturated carbocycles. The standard InChI is InChI=1S/C10H9BrO2/c1-13-10(12)9(11)7-8-5-3-2-4-6-8/h2-7H,1H3/b9-7-. The molecule has 1 aromatic rings. The van der Waals surface area contributed by atoms with Crippen LogP contribution in [0.5, 0.6) is 0 Å². The minimum absolute atomic E-state index is 0.371. The molecule has 3 heteroatoms. The summed E-state index contributed by atoms with van der Waals surface area (Å²) in [6.07, 6.45) is 1.71. The van der Waals surface area contributed by atoms with Crippen molar-refractivity contribution in [1.29, 1.82) is 0 Å². The van der Waals surface area contributed by atoms with Gasteiger partial charge in [-0.15, -0.1) is 0 Å². The Balaban J connectivity index is 2.83. The summed E-state index contributed by atoms with van der Waals surface area (Å²) in [6, 6.07) is 9.55. The molecular weight excluding hydrogens is 232 g/mol. The van der Waals surface area contributed by atoms with Gasteiger partial charge in [0.25, 0.3) is 0 Å². The first-order chi connectivity index (χ1) is 6.24. The summed E-state index contributed by atoms with van der Waals surface area (Å²) < 4.78 is 4.95. The molecule has 0 fully saturated rings. The van der Waals surface area contributed by atoms with E-state index < -0.39 is 0 Å². The third-order valence-electron chi connectivity index (χ3n) is 1.47. The van der Waals surface area contributed by atoms with E-state index in [4.69, 9.17) is 0 Å². The Bertz CT molecular complexity index is 317. The van der Waals surface area contributed by atoms with Crippen LogP contribution in [0.1, 0.15) is 5.56 Å². The summed E-state index contributed by atoms with van der Waals surface area (Å²) in [5.41, 5.74) is 0.958. The van der Waals surface area contributed by atoms with Gasteiger partial charge in [-0.05, 0) is 27.6 Å². The Kier molecular flexibility index (Phi) is 3.71. The smallest absolute Gasteiger partial charge is 0.344 e. The van der Waals surface area contributed by atoms with Crippen molar-refractivity contribution in [3.05, 3.63) is 40.4 Å². The number of ether oxygens (including phenoxy) is 1. The van der Waals surface area contributed by atoms with E-state index in [1.165, 1.54) is 7.11 Å². The molecule has 1 aromatic carbocycles. The molecule has 0 saturated heterocycles. The van der Waals surface area contributed by atoms with Gasteiger partial charge in [0.1, 0.15) is 4.48 Å². The number of carbonyl (C=O) groups excluding carboxylic acids is 1. The zero-order valence-corrected chi connectivity index (χ0v) is 8.74. The largest absolute Gasteiger partial charge is 0.465 e. The van der Waals surface area contributed by atoms with Gasteiger partial charge in [-0.25, -0.2) is 4.79 Å². The average molecular weight is 241 g/mol. The molecule has 0 heterocycles. The first-order valence-corrected chi connectivity index (χ1v) is 4.54. The van der Waals surface area contributed by atoms with Crippen LogP contribution in [-0.2, 0) is 9.53 Å². The molecule has 0 spiro atoms. The molecule has 0 atom stereocenters. The maximum absolute atomic E-state index is 11.0. The third-order valence-corrected chi connectivity index (χ3v) is 2.03. The molecule has 0 N–H and O–H groups in total. The average Bonchev–Trinajstić information content (AvgIpc) is 2.18. The Hall–Kier alpha value is -1.09. The fraction of sp³-hybridized carbons (Fsp3) is 0.100. The Morgan fingerprint density at radius 1 is 1.38 bits per heavy atom. The van der Waals surface area contributed by atoms with Gasteiger partial charge in [-0.1, -0.05) is 30.3 Å². The topological polar surface area (TPSA) is 26.3 Å². The minimum Gasteiger partial charge on any atom is -0.465 e. The van der Waals surface area contributed by atoms with Gasteiger partial charge in [-0.2, -0.15) is 0 Å². The molecule has 0 aromatic heterocycles. The van der Waals surface area contributed by atoms with Crippen LogP contribution >= 0.6 is 15.9 Å². The van der Waals surface area contributed by atoms with Gasteiger partial charge in [0, 0.05) is 0 Å². The maximum atomic E-state index is 11.0. The lowest BCUT2D eigenvalue weighted by molar-refractivity contribution is -0.135. The molecule has 0 aliphatic carbocycles. The Labute approximate surface area is 85.3 Å². The third kappa shape index (κ3) is 3.03. The lowest BCUT2D eigenvalue weighted by Crippen LogP contribution is -1.98. The predicted octanol–water partition coefficient (Wildman–Crippen LogP) is 2.60. The van der Waals surface area contributed by atoms with Crippen LogP contribution in [-0.4, -0.2) is 13.1 Å². The quantitative estimate of drug-likeness (QED) is 0.587. The van der Waals surface area contributed by atoms with Gasteiger partial charge in [0.15, 0.2) is 0 Å². The molecule has 0 aliphatic rings. The second-order valence-corrected chi connectivity index (χ2v) is 3.25. The number of hydrogen-bond donors (Lipinski definition) is 0. The molecule has 0 amide bonds. The number of hydrogen-bond acceptors (Lipinski definition) is 2. The van der Waals surface area contributed by atoms with E-state index >= 15 is 0 Å². The van der Waals surface area contributed by atoms with Crippen LogP contribution in [0, 0.1) is 0 Å². The van der Waals surface area contributed by atoms with Crippen LogP contribution in [0.3, 0.4) is 0 Å². The van der Waals surface area contributed by atoms with Crippen molar-refractivity contribution in [2.75, 3.05) is 7.11 Å². The molecular formula is C10H9BrO2. The fourth-order valence-electron chi connectivity index (χ4n) is 0.852. The van der Waals surface area contributed by atoms with Gasteiger partial charge >= 0.3 is 5.97 Å². The van der Waals surface area contributed by atoms with E-state index in [1.54, 1.807) is 6.08 Å². The van der Waals surface area contributed by atoms with Crippen molar-refractivity contribution >= 4 is 28.0 Å². The van der Waals surface area contributed by atoms with Crippen LogP contribution in [0.15, 0.2) is 34.8 Å². The fourth-order valence-corrected chi connectivity index (χ4v) is 1.28. The summed E-state index contributed by atoms with van der Waals surface area (Å²) >= 11 is 3.13. The summed E-state index contributed by atoms with van der Waals surface area (Å²) in [5.74, 6) is -0.371. The van der Waals surface area contributed by atoms with Crippen molar-refractivity contribution in [1.82, 2.24) is 0 Å². The Morgan fingerprint density at radius 3 is 2.54 bits per heavy atom. The van der Waals surface area contributed by atoms with Crippen molar-refractivity contribution in [3.63, 3.8) is 0 Å². The van der Waals surface area contributed by atoms with E-state index in [1.807, 2.05) is 30.3 Å². The zero-order chi connectivity index (χ0) is 9.68. The number of carbonyl (C=O) groups is 1. The first-order valence-electron chi connectivity index (χ1n) is 3.74. The molecule has 0 radical (unpaired) electrons. The Morgan fingerprint density at radius 2 is 2.00 bits per heavy atom. The zero-order valence-electron chi connectivity index (χ0n) is 7.16. The molecule has 13 heavy (non-hydrogen) atoms. The lowest BCUT2D eigenvalue weighted by Gasteiger charge is -1.96. The van der Waals surface area contributed by atoms with Crippen LogP contribution in [0.4, 0.5) is 0 Å². The number of methoxy groups -OCH3 is 1. The highest BCUT2D eigenvalue weighted by molar-refractivity contribution is 9.12. The molecule has 68 valence electrons. The first kappa shape index (κ1) is 9.99. The minimum atomic E-state index is -0.371. The monoisotopic (exact) mass is 240 g/mol. The van der Waals surface area contributed by atoms with E-state index in [0.29, 0.717) is 4.48 Å². The van der Waals surface area contributed by atoms with Gasteiger partial charge < -0.3 is 4.74 Å². The van der Waals surface area contributed by atoms with E-state index in [0.717, 1.165) is 5.56 Å². The van der Waals surface area contributed by atoms with Crippen LogP contribution in [0.25, 0.3) is 6.08 Å². The van der Waals surface area contributed by atoms with E-state index in [-0.39, 0.29) is 5.97 Å². The lowest BCUT2D eigenvalue weighted by atomic mass is 10.2. The number of benzene rings is 1. The number of halogens is 1. The van der Waals surface area contributed by atoms with Crippen molar-refractivity contribution in [2.24, 2.45) is 0 Å². The molecule has 0 unspecified atom stereocenters. The van der Waals surface area contributed by atoms with Crippen molar-refractivity contribution < 1.29 is 9.53 Å². The summed E-state index contributed by atoms with van der Waals surface area (Å²) in [4.78, 5) is 11.0. The van der Waals surface area contributed by atoms with Gasteiger partial charge in [0.05, 0.1) is 7.11 Å². The van der Waals surface area contributed by atoms with Crippen LogP contribution in [0.2, 0.25) is 0 Å². The van der Waals surface area contributed by atoms with E-state index in [9.17, 15) is 4.79 Å². The summed E-state index contributed by atoms with van der Waals surface area (Å²) in [7, 11) is 1.35. The van der Waals surface area contributed by atoms with Crippen molar-refractivity contribution in [2.45, 2.75) is 0 Å². The maximum Gasteiger partial charge on any atom is 0.344 e. The van der Waals surface area contributed by atoms with Crippen LogP contribution < -0.4 is 0 Å². The van der Waals surface area contributed by atoms with E-state index in [2.05, 4.69) is 20.7 Å². The highest BCUT2D eigenvalue weighted by atomic mass is 79.9. The summed E-state index contributed by atoms with van der Waals surface area (Å²) in [6.45, 7) is 0. The molecule has 0 aliphatic heterocycles. The highest BCUT2D eigenvalue weighted by Gasteiger charge is 2.03. The second kappa shape index (κ2) is 4.82. The van der Waals surface area contributed by atoms with Gasteiger partial charge in [-0.3, -0.25) is 0 Å². The predicted molar refractivity (Wildman–Crippen MR) is 55.4 cm³/mol. The number of rotatable bonds is 2. The van der Waals surface area contributed by atoms with Crippen molar-refractivity contribution in [3.8, 4) is 0 Å². The second-order valence-electron chi connectivity index (χ2n) is 2.39. The number of esters is 1. The SMILES string of the molecule is COC(=O)/C(Br)=C/c1ccccc1. The van der Waals surface area contributed by atoms with Gasteiger partial charge in [0.2, 0.25) is 0 Å². The summed E-state index contributed by atoms with van der Waals surface area (Å²) in [5, 5.41) is 0. The molecule has 1 rings (SSSR count). The highest BCUT2D eigenvalue weighted by Crippen LogP contribution is 2.12. The molecule has 0 bridgehead atoms. The molecule has 2 nitrogen and oxygen atoms in total.